The lowest BCUT2D eigenvalue weighted by Crippen LogP contribution is -2.21. The first kappa shape index (κ1) is 14.1. The summed E-state index contributed by atoms with van der Waals surface area (Å²) in [4.78, 5) is 11.4. The maximum absolute atomic E-state index is 11.4. The molecule has 0 aliphatic heterocycles. The van der Waals surface area contributed by atoms with E-state index in [0.717, 1.165) is 32.1 Å². The molecule has 19 heavy (non-hydrogen) atoms. The molecule has 0 radical (unpaired) electrons. The van der Waals surface area contributed by atoms with E-state index in [9.17, 15) is 9.90 Å². The van der Waals surface area contributed by atoms with Gasteiger partial charge in [-0.25, -0.2) is 0 Å². The summed E-state index contributed by atoms with van der Waals surface area (Å²) >= 11 is 0. The SMILES string of the molecule is CC(C)CC(c1ccc(O)cc1)C1CCC(=O)CC1. The van der Waals surface area contributed by atoms with E-state index in [2.05, 4.69) is 13.8 Å². The predicted molar refractivity (Wildman–Crippen MR) is 77.3 cm³/mol. The summed E-state index contributed by atoms with van der Waals surface area (Å²) in [6.45, 7) is 4.50. The number of aromatic hydroxyl groups is 1. The minimum absolute atomic E-state index is 0.325. The second-order valence-corrected chi connectivity index (χ2v) is 6.20. The standard InChI is InChI=1S/C17H24O2/c1-12(2)11-17(13-3-7-15(18)8-4-13)14-5-9-16(19)10-6-14/h3-4,7-8,12,14,17-18H,5-6,9-11H2,1-2H3. The minimum atomic E-state index is 0.325. The summed E-state index contributed by atoms with van der Waals surface area (Å²) < 4.78 is 0. The number of phenols is 1. The van der Waals surface area contributed by atoms with Gasteiger partial charge in [-0.3, -0.25) is 4.79 Å². The van der Waals surface area contributed by atoms with Gasteiger partial charge in [0.25, 0.3) is 0 Å². The van der Waals surface area contributed by atoms with Gasteiger partial charge < -0.3 is 5.11 Å². The second kappa shape index (κ2) is 6.23. The lowest BCUT2D eigenvalue weighted by molar-refractivity contribution is -0.121. The number of ketones is 1. The first-order valence-electron chi connectivity index (χ1n) is 7.37. The van der Waals surface area contributed by atoms with Crippen LogP contribution in [0.25, 0.3) is 0 Å². The number of rotatable bonds is 4. The number of Topliss-reactive ketones (excluding diaryl/α,β-unsaturated/α-hetero) is 1. The summed E-state index contributed by atoms with van der Waals surface area (Å²) in [5, 5.41) is 9.42. The van der Waals surface area contributed by atoms with Crippen molar-refractivity contribution in [3.8, 4) is 5.75 Å². The number of carbonyl (C=O) groups is 1. The van der Waals surface area contributed by atoms with Gasteiger partial charge in [0, 0.05) is 12.8 Å². The van der Waals surface area contributed by atoms with Gasteiger partial charge in [-0.2, -0.15) is 0 Å². The molecule has 1 aliphatic carbocycles. The molecule has 1 fully saturated rings. The number of carbonyl (C=O) groups excluding carboxylic acids is 1. The van der Waals surface area contributed by atoms with E-state index < -0.39 is 0 Å². The highest BCUT2D eigenvalue weighted by molar-refractivity contribution is 5.79. The molecule has 0 saturated heterocycles. The molecule has 1 aliphatic rings. The number of hydrogen-bond acceptors (Lipinski definition) is 2. The van der Waals surface area contributed by atoms with Crippen molar-refractivity contribution in [2.24, 2.45) is 11.8 Å². The van der Waals surface area contributed by atoms with Gasteiger partial charge in [-0.1, -0.05) is 26.0 Å². The monoisotopic (exact) mass is 260 g/mol. The normalized spacial score (nSPS) is 18.8. The third-order valence-electron chi connectivity index (χ3n) is 4.20. The van der Waals surface area contributed by atoms with Crippen molar-refractivity contribution in [2.45, 2.75) is 51.9 Å². The highest BCUT2D eigenvalue weighted by atomic mass is 16.3. The molecule has 1 saturated carbocycles. The molecule has 2 heteroatoms. The molecule has 1 N–H and O–H groups in total. The van der Waals surface area contributed by atoms with Crippen molar-refractivity contribution >= 4 is 5.78 Å². The van der Waals surface area contributed by atoms with Gasteiger partial charge in [0.15, 0.2) is 0 Å². The quantitative estimate of drug-likeness (QED) is 0.877. The Balaban J connectivity index is 2.15. The molecule has 2 rings (SSSR count). The van der Waals surface area contributed by atoms with Crippen molar-refractivity contribution in [1.82, 2.24) is 0 Å². The van der Waals surface area contributed by atoms with E-state index in [0.29, 0.717) is 29.3 Å². The van der Waals surface area contributed by atoms with E-state index in [1.807, 2.05) is 12.1 Å². The number of hydrogen-bond donors (Lipinski definition) is 1. The van der Waals surface area contributed by atoms with Crippen LogP contribution in [-0.2, 0) is 4.79 Å². The third-order valence-corrected chi connectivity index (χ3v) is 4.20. The molecule has 104 valence electrons. The van der Waals surface area contributed by atoms with Crippen LogP contribution in [-0.4, -0.2) is 10.9 Å². The predicted octanol–water partition coefficient (Wildman–Crippen LogP) is 4.28. The molecule has 1 aromatic rings. The Hall–Kier alpha value is -1.31. The molecule has 0 bridgehead atoms. The lowest BCUT2D eigenvalue weighted by Gasteiger charge is -2.31. The summed E-state index contributed by atoms with van der Waals surface area (Å²) in [7, 11) is 0. The van der Waals surface area contributed by atoms with E-state index in [4.69, 9.17) is 0 Å². The van der Waals surface area contributed by atoms with Gasteiger partial charge in [0.1, 0.15) is 11.5 Å². The third kappa shape index (κ3) is 3.82. The van der Waals surface area contributed by atoms with Crippen LogP contribution in [0.3, 0.4) is 0 Å². The Morgan fingerprint density at radius 3 is 2.26 bits per heavy atom. The minimum Gasteiger partial charge on any atom is -0.508 e. The lowest BCUT2D eigenvalue weighted by atomic mass is 9.73. The zero-order valence-electron chi connectivity index (χ0n) is 11.9. The molecule has 1 atom stereocenters. The number of benzene rings is 1. The maximum Gasteiger partial charge on any atom is 0.132 e. The first-order chi connectivity index (χ1) is 9.06. The van der Waals surface area contributed by atoms with Crippen molar-refractivity contribution in [3.63, 3.8) is 0 Å². The van der Waals surface area contributed by atoms with Crippen LogP contribution in [0.2, 0.25) is 0 Å². The fourth-order valence-corrected chi connectivity index (χ4v) is 3.19. The van der Waals surface area contributed by atoms with Gasteiger partial charge in [0.2, 0.25) is 0 Å². The van der Waals surface area contributed by atoms with Crippen LogP contribution in [0.4, 0.5) is 0 Å². The van der Waals surface area contributed by atoms with E-state index in [1.165, 1.54) is 5.56 Å². The zero-order valence-corrected chi connectivity index (χ0v) is 11.9. The van der Waals surface area contributed by atoms with Gasteiger partial charge >= 0.3 is 0 Å². The van der Waals surface area contributed by atoms with Crippen molar-refractivity contribution in [2.75, 3.05) is 0 Å². The number of phenolic OH excluding ortho intramolecular Hbond substituents is 1. The smallest absolute Gasteiger partial charge is 0.132 e. The molecule has 0 heterocycles. The summed E-state index contributed by atoms with van der Waals surface area (Å²) in [6.07, 6.45) is 4.70. The van der Waals surface area contributed by atoms with Crippen LogP contribution in [0.1, 0.15) is 57.4 Å². The molecule has 2 nitrogen and oxygen atoms in total. The summed E-state index contributed by atoms with van der Waals surface area (Å²) in [5.41, 5.74) is 1.31. The van der Waals surface area contributed by atoms with Crippen molar-refractivity contribution in [1.29, 1.82) is 0 Å². The highest BCUT2D eigenvalue weighted by Gasteiger charge is 2.28. The fourth-order valence-electron chi connectivity index (χ4n) is 3.19. The molecule has 0 aromatic heterocycles. The Morgan fingerprint density at radius 1 is 1.16 bits per heavy atom. The van der Waals surface area contributed by atoms with Crippen LogP contribution in [0.5, 0.6) is 5.75 Å². The molecule has 0 amide bonds. The van der Waals surface area contributed by atoms with Crippen LogP contribution < -0.4 is 0 Å². The Labute approximate surface area is 115 Å². The van der Waals surface area contributed by atoms with Gasteiger partial charge in [-0.15, -0.1) is 0 Å². The average molecular weight is 260 g/mol. The largest absolute Gasteiger partial charge is 0.508 e. The van der Waals surface area contributed by atoms with Crippen molar-refractivity contribution in [3.05, 3.63) is 29.8 Å². The fraction of sp³-hybridized carbons (Fsp3) is 0.588. The van der Waals surface area contributed by atoms with Crippen LogP contribution >= 0.6 is 0 Å². The van der Waals surface area contributed by atoms with Crippen molar-refractivity contribution < 1.29 is 9.90 Å². The first-order valence-corrected chi connectivity index (χ1v) is 7.37. The van der Waals surface area contributed by atoms with Gasteiger partial charge in [-0.05, 0) is 54.7 Å². The topological polar surface area (TPSA) is 37.3 Å². The van der Waals surface area contributed by atoms with E-state index >= 15 is 0 Å². The van der Waals surface area contributed by atoms with Crippen LogP contribution in [0.15, 0.2) is 24.3 Å². The molecule has 1 aromatic carbocycles. The summed E-state index contributed by atoms with van der Waals surface area (Å²) in [5.74, 6) is 2.53. The maximum atomic E-state index is 11.4. The highest BCUT2D eigenvalue weighted by Crippen LogP contribution is 2.39. The molecule has 0 spiro atoms. The van der Waals surface area contributed by atoms with E-state index in [-0.39, 0.29) is 0 Å². The Bertz CT molecular complexity index is 409. The molecule has 1 unspecified atom stereocenters. The zero-order chi connectivity index (χ0) is 13.8. The summed E-state index contributed by atoms with van der Waals surface area (Å²) in [6, 6.07) is 7.63. The van der Waals surface area contributed by atoms with E-state index in [1.54, 1.807) is 12.1 Å². The average Bonchev–Trinajstić information content (AvgIpc) is 2.38. The molecular formula is C17H24O2. The molecular weight excluding hydrogens is 236 g/mol. The Kier molecular flexibility index (Phi) is 4.62. The van der Waals surface area contributed by atoms with Gasteiger partial charge in [0.05, 0.1) is 0 Å². The second-order valence-electron chi connectivity index (χ2n) is 6.20. The van der Waals surface area contributed by atoms with Crippen LogP contribution in [0, 0.1) is 11.8 Å². The Morgan fingerprint density at radius 2 is 1.74 bits per heavy atom.